The van der Waals surface area contributed by atoms with Crippen molar-refractivity contribution in [3.8, 4) is 5.75 Å². The SMILES string of the molecule is COc1cccc(SCC2C(=O)N(c3ccc(C)cc3)C2c2ccccc2)c1. The molecule has 0 aromatic heterocycles. The molecule has 0 spiro atoms. The van der Waals surface area contributed by atoms with Crippen LogP contribution in [0.4, 0.5) is 5.69 Å². The molecular formula is C24H23NO2S. The Morgan fingerprint density at radius 3 is 2.43 bits per heavy atom. The van der Waals surface area contributed by atoms with Gasteiger partial charge in [0, 0.05) is 16.3 Å². The second-order valence-electron chi connectivity index (χ2n) is 7.00. The summed E-state index contributed by atoms with van der Waals surface area (Å²) in [4.78, 5) is 16.1. The van der Waals surface area contributed by atoms with Gasteiger partial charge in [0.2, 0.25) is 5.91 Å². The Bertz CT molecular complexity index is 956. The molecule has 3 nitrogen and oxygen atoms in total. The largest absolute Gasteiger partial charge is 0.497 e. The highest BCUT2D eigenvalue weighted by atomic mass is 32.2. The number of thioether (sulfide) groups is 1. The van der Waals surface area contributed by atoms with Gasteiger partial charge in [-0.25, -0.2) is 0 Å². The van der Waals surface area contributed by atoms with Crippen molar-refractivity contribution in [3.63, 3.8) is 0 Å². The molecule has 0 aliphatic carbocycles. The molecule has 4 heteroatoms. The monoisotopic (exact) mass is 389 g/mol. The molecule has 142 valence electrons. The van der Waals surface area contributed by atoms with Gasteiger partial charge in [0.1, 0.15) is 5.75 Å². The van der Waals surface area contributed by atoms with Crippen LogP contribution in [-0.4, -0.2) is 18.8 Å². The van der Waals surface area contributed by atoms with Crippen LogP contribution in [0.5, 0.6) is 5.75 Å². The average molecular weight is 390 g/mol. The fourth-order valence-corrected chi connectivity index (χ4v) is 4.68. The van der Waals surface area contributed by atoms with Gasteiger partial charge < -0.3 is 9.64 Å². The number of amides is 1. The van der Waals surface area contributed by atoms with Gasteiger partial charge in [-0.2, -0.15) is 0 Å². The zero-order valence-corrected chi connectivity index (χ0v) is 16.9. The van der Waals surface area contributed by atoms with Crippen LogP contribution in [-0.2, 0) is 4.79 Å². The minimum atomic E-state index is -0.0418. The highest BCUT2D eigenvalue weighted by Crippen LogP contribution is 2.45. The van der Waals surface area contributed by atoms with Crippen molar-refractivity contribution in [1.82, 2.24) is 0 Å². The lowest BCUT2D eigenvalue weighted by molar-refractivity contribution is -0.129. The fourth-order valence-electron chi connectivity index (χ4n) is 3.61. The summed E-state index contributed by atoms with van der Waals surface area (Å²) >= 11 is 1.71. The maximum absolute atomic E-state index is 13.1. The third-order valence-electron chi connectivity index (χ3n) is 5.14. The number of anilines is 1. The summed E-state index contributed by atoms with van der Waals surface area (Å²) in [6.07, 6.45) is 0. The van der Waals surface area contributed by atoms with E-state index in [1.165, 1.54) is 11.1 Å². The van der Waals surface area contributed by atoms with Crippen molar-refractivity contribution in [2.45, 2.75) is 17.9 Å². The molecule has 2 unspecified atom stereocenters. The van der Waals surface area contributed by atoms with Crippen molar-refractivity contribution >= 4 is 23.4 Å². The number of aryl methyl sites for hydroxylation is 1. The second-order valence-corrected chi connectivity index (χ2v) is 8.09. The predicted molar refractivity (Wildman–Crippen MR) is 115 cm³/mol. The smallest absolute Gasteiger partial charge is 0.233 e. The quantitative estimate of drug-likeness (QED) is 0.412. The molecule has 4 rings (SSSR count). The van der Waals surface area contributed by atoms with Gasteiger partial charge >= 0.3 is 0 Å². The average Bonchev–Trinajstić information content (AvgIpc) is 2.74. The number of ether oxygens (including phenoxy) is 1. The van der Waals surface area contributed by atoms with E-state index in [0.717, 1.165) is 22.1 Å². The molecule has 0 saturated carbocycles. The molecule has 0 bridgehead atoms. The molecule has 1 heterocycles. The van der Waals surface area contributed by atoms with E-state index in [9.17, 15) is 4.79 Å². The van der Waals surface area contributed by atoms with E-state index in [1.54, 1.807) is 18.9 Å². The highest BCUT2D eigenvalue weighted by molar-refractivity contribution is 7.99. The first kappa shape index (κ1) is 18.6. The highest BCUT2D eigenvalue weighted by Gasteiger charge is 2.48. The molecule has 1 aliphatic heterocycles. The van der Waals surface area contributed by atoms with E-state index in [1.807, 2.05) is 53.4 Å². The maximum atomic E-state index is 13.1. The second kappa shape index (κ2) is 8.11. The molecule has 3 aromatic carbocycles. The third-order valence-corrected chi connectivity index (χ3v) is 6.25. The number of hydrogen-bond acceptors (Lipinski definition) is 3. The van der Waals surface area contributed by atoms with Crippen LogP contribution in [0, 0.1) is 12.8 Å². The number of carbonyl (C=O) groups excluding carboxylic acids is 1. The van der Waals surface area contributed by atoms with Gasteiger partial charge in [0.15, 0.2) is 0 Å². The van der Waals surface area contributed by atoms with Crippen molar-refractivity contribution in [1.29, 1.82) is 0 Å². The van der Waals surface area contributed by atoms with E-state index < -0.39 is 0 Å². The Kier molecular flexibility index (Phi) is 5.40. The molecule has 1 aliphatic rings. The molecule has 3 aromatic rings. The number of methoxy groups -OCH3 is 1. The van der Waals surface area contributed by atoms with Crippen LogP contribution in [0.3, 0.4) is 0 Å². The van der Waals surface area contributed by atoms with E-state index in [4.69, 9.17) is 4.74 Å². The molecular weight excluding hydrogens is 366 g/mol. The van der Waals surface area contributed by atoms with Crippen molar-refractivity contribution in [3.05, 3.63) is 90.0 Å². The van der Waals surface area contributed by atoms with E-state index in [-0.39, 0.29) is 17.9 Å². The third kappa shape index (κ3) is 3.65. The van der Waals surface area contributed by atoms with Crippen LogP contribution in [0.2, 0.25) is 0 Å². The lowest BCUT2D eigenvalue weighted by atomic mass is 9.83. The van der Waals surface area contributed by atoms with Crippen molar-refractivity contribution < 1.29 is 9.53 Å². The molecule has 0 radical (unpaired) electrons. The van der Waals surface area contributed by atoms with Gasteiger partial charge in [-0.15, -0.1) is 11.8 Å². The molecule has 1 fully saturated rings. The van der Waals surface area contributed by atoms with Gasteiger partial charge in [-0.05, 0) is 42.8 Å². The first-order valence-electron chi connectivity index (χ1n) is 9.39. The first-order valence-corrected chi connectivity index (χ1v) is 10.4. The number of carbonyl (C=O) groups is 1. The van der Waals surface area contributed by atoms with Crippen molar-refractivity contribution in [2.24, 2.45) is 5.92 Å². The minimum Gasteiger partial charge on any atom is -0.497 e. The number of benzene rings is 3. The van der Waals surface area contributed by atoms with Crippen LogP contribution in [0.15, 0.2) is 83.8 Å². The normalized spacial score (nSPS) is 18.6. The molecule has 1 saturated heterocycles. The molecule has 1 amide bonds. The Morgan fingerprint density at radius 2 is 1.71 bits per heavy atom. The summed E-state index contributed by atoms with van der Waals surface area (Å²) < 4.78 is 5.31. The standard InChI is InChI=1S/C24H23NO2S/c1-17-11-13-19(14-12-17)25-23(18-7-4-3-5-8-18)22(24(25)26)16-28-21-10-6-9-20(15-21)27-2/h3-15,22-23H,16H2,1-2H3. The van der Waals surface area contributed by atoms with Gasteiger partial charge in [0.05, 0.1) is 19.1 Å². The first-order chi connectivity index (χ1) is 13.7. The van der Waals surface area contributed by atoms with Gasteiger partial charge in [0.25, 0.3) is 0 Å². The Labute approximate surface area is 170 Å². The van der Waals surface area contributed by atoms with Crippen LogP contribution in [0.25, 0.3) is 0 Å². The number of hydrogen-bond donors (Lipinski definition) is 0. The number of β-lactam (4-membered cyclic amide) rings is 1. The molecule has 2 atom stereocenters. The summed E-state index contributed by atoms with van der Waals surface area (Å²) in [6, 6.07) is 26.6. The fraction of sp³-hybridized carbons (Fsp3) is 0.208. The van der Waals surface area contributed by atoms with E-state index >= 15 is 0 Å². The summed E-state index contributed by atoms with van der Waals surface area (Å²) in [6.45, 7) is 2.06. The van der Waals surface area contributed by atoms with Gasteiger partial charge in [-0.3, -0.25) is 4.79 Å². The maximum Gasteiger partial charge on any atom is 0.233 e. The Balaban J connectivity index is 1.57. The van der Waals surface area contributed by atoms with Crippen LogP contribution < -0.4 is 9.64 Å². The zero-order valence-electron chi connectivity index (χ0n) is 16.0. The summed E-state index contributed by atoms with van der Waals surface area (Å²) in [5.74, 6) is 1.73. The summed E-state index contributed by atoms with van der Waals surface area (Å²) in [7, 11) is 1.67. The van der Waals surface area contributed by atoms with Crippen LogP contribution >= 0.6 is 11.8 Å². The van der Waals surface area contributed by atoms with E-state index in [0.29, 0.717) is 0 Å². The summed E-state index contributed by atoms with van der Waals surface area (Å²) in [5, 5.41) is 0. The lowest BCUT2D eigenvalue weighted by Gasteiger charge is -2.47. The van der Waals surface area contributed by atoms with Gasteiger partial charge in [-0.1, -0.05) is 54.1 Å². The van der Waals surface area contributed by atoms with E-state index in [2.05, 4.69) is 37.3 Å². The number of rotatable bonds is 6. The topological polar surface area (TPSA) is 29.5 Å². The molecule has 28 heavy (non-hydrogen) atoms. The predicted octanol–water partition coefficient (Wildman–Crippen LogP) is 5.50. The van der Waals surface area contributed by atoms with Crippen LogP contribution in [0.1, 0.15) is 17.2 Å². The van der Waals surface area contributed by atoms with Crippen molar-refractivity contribution in [2.75, 3.05) is 17.8 Å². The minimum absolute atomic E-state index is 0.0418. The molecule has 0 N–H and O–H groups in total. The summed E-state index contributed by atoms with van der Waals surface area (Å²) in [5.41, 5.74) is 3.34. The Morgan fingerprint density at radius 1 is 0.964 bits per heavy atom. The number of nitrogens with zero attached hydrogens (tertiary/aromatic N) is 1. The zero-order chi connectivity index (χ0) is 19.5. The Hall–Kier alpha value is -2.72. The lowest BCUT2D eigenvalue weighted by Crippen LogP contribution is -2.56.